The van der Waals surface area contributed by atoms with Gasteiger partial charge in [-0.3, -0.25) is 9.36 Å². The first-order chi connectivity index (χ1) is 17.9. The molecule has 0 spiro atoms. The molecule has 188 valence electrons. The zero-order chi connectivity index (χ0) is 26.4. The van der Waals surface area contributed by atoms with Crippen molar-refractivity contribution in [2.24, 2.45) is 0 Å². The standard InChI is InChI=1S/C30H27FN2O4/c1-20(2)27-26(10-7-19-37-25-17-11-21(12-18-25)28(34)30(35)36-3)33(24-15-13-23(31)14-16-24)29(32-27)22-8-5-4-6-9-22/h4-18,20H,19H2,1-3H3/b10-7+. The number of ketones is 1. The van der Waals surface area contributed by atoms with Crippen LogP contribution in [0, 0.1) is 5.82 Å². The van der Waals surface area contributed by atoms with Crippen molar-refractivity contribution in [1.82, 2.24) is 9.55 Å². The van der Waals surface area contributed by atoms with Crippen LogP contribution < -0.4 is 4.74 Å². The minimum absolute atomic E-state index is 0.143. The van der Waals surface area contributed by atoms with Crippen LogP contribution in [-0.2, 0) is 9.53 Å². The maximum Gasteiger partial charge on any atom is 0.379 e. The Morgan fingerprint density at radius 3 is 2.27 bits per heavy atom. The molecule has 4 rings (SSSR count). The molecule has 0 bridgehead atoms. The molecule has 0 aliphatic heterocycles. The summed E-state index contributed by atoms with van der Waals surface area (Å²) in [7, 11) is 1.17. The van der Waals surface area contributed by atoms with Gasteiger partial charge in [-0.15, -0.1) is 0 Å². The van der Waals surface area contributed by atoms with Gasteiger partial charge in [-0.1, -0.05) is 44.2 Å². The van der Waals surface area contributed by atoms with Crippen LogP contribution in [0.5, 0.6) is 5.75 Å². The molecule has 0 aliphatic carbocycles. The van der Waals surface area contributed by atoms with Crippen molar-refractivity contribution in [3.63, 3.8) is 0 Å². The highest BCUT2D eigenvalue weighted by molar-refractivity contribution is 6.40. The Morgan fingerprint density at radius 1 is 0.973 bits per heavy atom. The molecule has 4 aromatic rings. The molecule has 0 radical (unpaired) electrons. The third kappa shape index (κ3) is 5.83. The van der Waals surface area contributed by atoms with Gasteiger partial charge in [-0.25, -0.2) is 14.2 Å². The molecule has 0 fully saturated rings. The Kier molecular flexibility index (Phi) is 7.93. The van der Waals surface area contributed by atoms with Crippen molar-refractivity contribution in [2.75, 3.05) is 13.7 Å². The summed E-state index contributed by atoms with van der Waals surface area (Å²) in [4.78, 5) is 28.3. The lowest BCUT2D eigenvalue weighted by Gasteiger charge is -2.12. The first-order valence-electron chi connectivity index (χ1n) is 11.8. The summed E-state index contributed by atoms with van der Waals surface area (Å²) in [5.41, 5.74) is 3.76. The predicted molar refractivity (Wildman–Crippen MR) is 140 cm³/mol. The Balaban J connectivity index is 1.62. The van der Waals surface area contributed by atoms with Crippen LogP contribution >= 0.6 is 0 Å². The van der Waals surface area contributed by atoms with Crippen molar-refractivity contribution >= 4 is 17.8 Å². The fourth-order valence-corrected chi connectivity index (χ4v) is 3.88. The molecule has 3 aromatic carbocycles. The zero-order valence-electron chi connectivity index (χ0n) is 20.9. The Bertz CT molecular complexity index is 1410. The van der Waals surface area contributed by atoms with E-state index in [1.54, 1.807) is 24.3 Å². The molecule has 0 unspecified atom stereocenters. The number of benzene rings is 3. The second-order valence-electron chi connectivity index (χ2n) is 8.60. The maximum absolute atomic E-state index is 13.7. The molecule has 0 atom stereocenters. The highest BCUT2D eigenvalue weighted by atomic mass is 19.1. The van der Waals surface area contributed by atoms with E-state index < -0.39 is 11.8 Å². The third-order valence-corrected chi connectivity index (χ3v) is 5.71. The summed E-state index contributed by atoms with van der Waals surface area (Å²) >= 11 is 0. The highest BCUT2D eigenvalue weighted by Crippen LogP contribution is 2.31. The van der Waals surface area contributed by atoms with Gasteiger partial charge < -0.3 is 9.47 Å². The van der Waals surface area contributed by atoms with Gasteiger partial charge >= 0.3 is 5.97 Å². The van der Waals surface area contributed by atoms with Crippen LogP contribution in [0.4, 0.5) is 4.39 Å². The van der Waals surface area contributed by atoms with E-state index in [2.05, 4.69) is 18.6 Å². The van der Waals surface area contributed by atoms with Crippen LogP contribution in [0.25, 0.3) is 23.2 Å². The quantitative estimate of drug-likeness (QED) is 0.155. The third-order valence-electron chi connectivity index (χ3n) is 5.71. The Labute approximate surface area is 215 Å². The summed E-state index contributed by atoms with van der Waals surface area (Å²) in [6.45, 7) is 4.42. The van der Waals surface area contributed by atoms with Gasteiger partial charge in [0, 0.05) is 16.8 Å². The monoisotopic (exact) mass is 498 g/mol. The van der Waals surface area contributed by atoms with Crippen LogP contribution in [0.15, 0.2) is 84.9 Å². The minimum Gasteiger partial charge on any atom is -0.490 e. The predicted octanol–water partition coefficient (Wildman–Crippen LogP) is 6.25. The molecule has 1 aromatic heterocycles. The smallest absolute Gasteiger partial charge is 0.379 e. The van der Waals surface area contributed by atoms with Gasteiger partial charge in [0.15, 0.2) is 0 Å². The van der Waals surface area contributed by atoms with Crippen molar-refractivity contribution in [2.45, 2.75) is 19.8 Å². The van der Waals surface area contributed by atoms with Crippen LogP contribution in [-0.4, -0.2) is 35.0 Å². The number of esters is 1. The number of rotatable bonds is 9. The number of hydrogen-bond donors (Lipinski definition) is 0. The number of carbonyl (C=O) groups is 2. The maximum atomic E-state index is 13.7. The molecule has 0 N–H and O–H groups in total. The molecule has 7 heteroatoms. The largest absolute Gasteiger partial charge is 0.490 e. The van der Waals surface area contributed by atoms with E-state index in [1.165, 1.54) is 31.4 Å². The fraction of sp³-hybridized carbons (Fsp3) is 0.167. The molecule has 0 saturated heterocycles. The normalized spacial score (nSPS) is 11.2. The molecule has 0 amide bonds. The Morgan fingerprint density at radius 2 is 1.65 bits per heavy atom. The van der Waals surface area contributed by atoms with Gasteiger partial charge in [-0.05, 0) is 66.6 Å². The van der Waals surface area contributed by atoms with E-state index >= 15 is 0 Å². The molecular weight excluding hydrogens is 471 g/mol. The lowest BCUT2D eigenvalue weighted by Crippen LogP contribution is -2.15. The number of nitrogens with zero attached hydrogens (tertiary/aromatic N) is 2. The number of halogens is 1. The SMILES string of the molecule is COC(=O)C(=O)c1ccc(OC/C=C/c2c(C(C)C)nc(-c3ccccc3)n2-c2ccc(F)cc2)cc1. The van der Waals surface area contributed by atoms with Crippen molar-refractivity contribution in [3.8, 4) is 22.8 Å². The van der Waals surface area contributed by atoms with Crippen molar-refractivity contribution in [1.29, 1.82) is 0 Å². The molecule has 0 aliphatic rings. The molecule has 37 heavy (non-hydrogen) atoms. The molecular formula is C30H27FN2O4. The summed E-state index contributed by atoms with van der Waals surface area (Å²) in [6, 6.07) is 22.5. The van der Waals surface area contributed by atoms with Crippen LogP contribution in [0.1, 0.15) is 41.5 Å². The lowest BCUT2D eigenvalue weighted by atomic mass is 10.1. The topological polar surface area (TPSA) is 70.4 Å². The van der Waals surface area contributed by atoms with E-state index in [0.29, 0.717) is 5.75 Å². The fourth-order valence-electron chi connectivity index (χ4n) is 3.88. The summed E-state index contributed by atoms with van der Waals surface area (Å²) in [5.74, 6) is -0.471. The molecule has 6 nitrogen and oxygen atoms in total. The number of hydrogen-bond acceptors (Lipinski definition) is 5. The molecule has 0 saturated carbocycles. The average molecular weight is 499 g/mol. The first-order valence-corrected chi connectivity index (χ1v) is 11.8. The summed E-state index contributed by atoms with van der Waals surface area (Å²) in [5, 5.41) is 0. The zero-order valence-corrected chi connectivity index (χ0v) is 20.9. The summed E-state index contributed by atoms with van der Waals surface area (Å²) in [6.07, 6.45) is 3.83. The van der Waals surface area contributed by atoms with E-state index in [-0.39, 0.29) is 23.9 Å². The highest BCUT2D eigenvalue weighted by Gasteiger charge is 2.20. The Hall–Kier alpha value is -4.52. The van der Waals surface area contributed by atoms with Crippen molar-refractivity contribution < 1.29 is 23.5 Å². The van der Waals surface area contributed by atoms with Gasteiger partial charge in [0.2, 0.25) is 0 Å². The van der Waals surface area contributed by atoms with Crippen LogP contribution in [0.2, 0.25) is 0 Å². The van der Waals surface area contributed by atoms with Crippen LogP contribution in [0.3, 0.4) is 0 Å². The van der Waals surface area contributed by atoms with E-state index in [9.17, 15) is 14.0 Å². The van der Waals surface area contributed by atoms with Gasteiger partial charge in [0.1, 0.15) is 24.0 Å². The van der Waals surface area contributed by atoms with Gasteiger partial charge in [0.05, 0.1) is 18.5 Å². The number of imidazole rings is 1. The first kappa shape index (κ1) is 25.6. The number of aromatic nitrogens is 2. The number of carbonyl (C=O) groups excluding carboxylic acids is 2. The van der Waals surface area contributed by atoms with E-state index in [0.717, 1.165) is 28.5 Å². The number of Topliss-reactive ketones (excluding diaryl/α,β-unsaturated/α-hetero) is 1. The number of methoxy groups -OCH3 is 1. The lowest BCUT2D eigenvalue weighted by molar-refractivity contribution is -0.135. The average Bonchev–Trinajstić information content (AvgIpc) is 3.31. The molecule has 1 heterocycles. The second kappa shape index (κ2) is 11.5. The van der Waals surface area contributed by atoms with Crippen molar-refractivity contribution in [3.05, 3.63) is 108 Å². The minimum atomic E-state index is -0.912. The summed E-state index contributed by atoms with van der Waals surface area (Å²) < 4.78 is 26.0. The van der Waals surface area contributed by atoms with Gasteiger partial charge in [0.25, 0.3) is 5.78 Å². The van der Waals surface area contributed by atoms with Gasteiger partial charge in [-0.2, -0.15) is 0 Å². The number of ether oxygens (including phenoxy) is 2. The van der Waals surface area contributed by atoms with E-state index in [4.69, 9.17) is 9.72 Å². The van der Waals surface area contributed by atoms with E-state index in [1.807, 2.05) is 47.1 Å². The second-order valence-corrected chi connectivity index (χ2v) is 8.60.